The lowest BCUT2D eigenvalue weighted by Crippen LogP contribution is -2.12. The summed E-state index contributed by atoms with van der Waals surface area (Å²) < 4.78 is 4.20. The number of hydrogen-bond acceptors (Lipinski definition) is 6. The Labute approximate surface area is 87.9 Å². The van der Waals surface area contributed by atoms with Gasteiger partial charge in [-0.2, -0.15) is 0 Å². The molecule has 0 aromatic rings. The predicted molar refractivity (Wildman–Crippen MR) is 52.1 cm³/mol. The summed E-state index contributed by atoms with van der Waals surface area (Å²) in [4.78, 5) is 9.25. The van der Waals surface area contributed by atoms with E-state index in [9.17, 15) is 4.79 Å². The Bertz CT molecular complexity index is 131. The van der Waals surface area contributed by atoms with Crippen LogP contribution < -0.4 is 0 Å². The van der Waals surface area contributed by atoms with E-state index >= 15 is 0 Å². The van der Waals surface area contributed by atoms with E-state index in [0.29, 0.717) is 0 Å². The summed E-state index contributed by atoms with van der Waals surface area (Å²) in [5.41, 5.74) is 0. The number of aliphatic carboxylic acids is 1. The van der Waals surface area contributed by atoms with Crippen molar-refractivity contribution in [2.75, 3.05) is 26.9 Å². The van der Waals surface area contributed by atoms with Gasteiger partial charge in [0.1, 0.15) is 0 Å². The molecule has 0 heterocycles. The zero-order valence-electron chi connectivity index (χ0n) is 8.54. The summed E-state index contributed by atoms with van der Waals surface area (Å²) in [6, 6.07) is 0. The Morgan fingerprint density at radius 3 is 1.73 bits per heavy atom. The molecule has 0 bridgehead atoms. The highest BCUT2D eigenvalue weighted by Crippen LogP contribution is 1.75. The van der Waals surface area contributed by atoms with Crippen molar-refractivity contribution in [3.63, 3.8) is 0 Å². The zero-order chi connectivity index (χ0) is 12.7. The summed E-state index contributed by atoms with van der Waals surface area (Å²) in [6.45, 7) is 2.37. The molecule has 0 spiro atoms. The fraction of sp³-hybridized carbons (Fsp3) is 0.625. The number of methoxy groups -OCH3 is 1. The molecule has 0 aromatic heterocycles. The second-order valence-electron chi connectivity index (χ2n) is 1.86. The number of aliphatic hydroxyl groups excluding tert-OH is 4. The highest BCUT2D eigenvalue weighted by atomic mass is 16.6. The number of hydrogen-bond donors (Lipinski definition) is 5. The Kier molecular flexibility index (Phi) is 24.4. The van der Waals surface area contributed by atoms with Crippen molar-refractivity contribution < 1.29 is 35.1 Å². The third kappa shape index (κ3) is 43.7. The highest BCUT2D eigenvalue weighted by Gasteiger charge is 1.92. The standard InChI is InChI=1S/C3H8O3.C3H4O2.C2H6O2/c1-6-3(5)2-4;1-2-3(4)5;3-1-2-4/h3-5H,2H2,1H3;2H,1H2,(H,4,5);3-4H,1-2H2. The molecule has 0 aliphatic heterocycles. The first-order chi connectivity index (χ1) is 6.99. The lowest BCUT2D eigenvalue weighted by molar-refractivity contribution is -0.131. The SMILES string of the molecule is C=CC(=O)O.COC(O)CO.OCCO. The summed E-state index contributed by atoms with van der Waals surface area (Å²) in [5, 5.41) is 39.0. The molecular weight excluding hydrogens is 208 g/mol. The van der Waals surface area contributed by atoms with Crippen LogP contribution in [0.15, 0.2) is 12.7 Å². The van der Waals surface area contributed by atoms with E-state index in [1.54, 1.807) is 0 Å². The fourth-order valence-corrected chi connectivity index (χ4v) is 0.0745. The first kappa shape index (κ1) is 19.6. The van der Waals surface area contributed by atoms with Crippen LogP contribution in [0.2, 0.25) is 0 Å². The van der Waals surface area contributed by atoms with Crippen molar-refractivity contribution in [3.8, 4) is 0 Å². The van der Waals surface area contributed by atoms with E-state index in [-0.39, 0.29) is 19.8 Å². The summed E-state index contributed by atoms with van der Waals surface area (Å²) in [6.07, 6.45) is -0.176. The summed E-state index contributed by atoms with van der Waals surface area (Å²) in [5.74, 6) is -0.981. The molecule has 0 fully saturated rings. The van der Waals surface area contributed by atoms with Gasteiger partial charge in [-0.25, -0.2) is 4.79 Å². The molecule has 0 aliphatic rings. The van der Waals surface area contributed by atoms with Crippen LogP contribution in [-0.2, 0) is 9.53 Å². The van der Waals surface area contributed by atoms with Gasteiger partial charge in [0.05, 0.1) is 19.8 Å². The molecule has 0 aromatic carbocycles. The highest BCUT2D eigenvalue weighted by molar-refractivity contribution is 5.78. The number of ether oxygens (including phenoxy) is 1. The Balaban J connectivity index is -0.000000147. The molecule has 0 radical (unpaired) electrons. The molecule has 1 atom stereocenters. The monoisotopic (exact) mass is 226 g/mol. The third-order valence-electron chi connectivity index (χ3n) is 0.703. The first-order valence-corrected chi connectivity index (χ1v) is 3.88. The molecule has 0 saturated heterocycles. The van der Waals surface area contributed by atoms with E-state index in [1.165, 1.54) is 7.11 Å². The molecule has 5 N–H and O–H groups in total. The van der Waals surface area contributed by atoms with Gasteiger partial charge in [-0.3, -0.25) is 0 Å². The smallest absolute Gasteiger partial charge is 0.327 e. The van der Waals surface area contributed by atoms with Gasteiger partial charge in [0.15, 0.2) is 6.29 Å². The topological polar surface area (TPSA) is 127 Å². The molecule has 7 nitrogen and oxygen atoms in total. The van der Waals surface area contributed by atoms with Gasteiger partial charge >= 0.3 is 5.97 Å². The molecule has 0 aliphatic carbocycles. The van der Waals surface area contributed by atoms with E-state index in [2.05, 4.69) is 11.3 Å². The Morgan fingerprint density at radius 1 is 1.40 bits per heavy atom. The Hall–Kier alpha value is -0.990. The second-order valence-corrected chi connectivity index (χ2v) is 1.86. The van der Waals surface area contributed by atoms with Gasteiger partial charge in [0, 0.05) is 13.2 Å². The minimum absolute atomic E-state index is 0.125. The van der Waals surface area contributed by atoms with Gasteiger partial charge in [-0.15, -0.1) is 0 Å². The van der Waals surface area contributed by atoms with E-state index in [4.69, 9.17) is 25.5 Å². The van der Waals surface area contributed by atoms with E-state index in [0.717, 1.165) is 6.08 Å². The average molecular weight is 226 g/mol. The summed E-state index contributed by atoms with van der Waals surface area (Å²) in [7, 11) is 1.32. The Morgan fingerprint density at radius 2 is 1.73 bits per heavy atom. The average Bonchev–Trinajstić information content (AvgIpc) is 2.28. The lowest BCUT2D eigenvalue weighted by Gasteiger charge is -1.99. The number of aliphatic hydroxyl groups is 4. The second kappa shape index (κ2) is 18.7. The number of carboxylic acid groups (broad SMARTS) is 1. The maximum Gasteiger partial charge on any atom is 0.327 e. The number of carboxylic acids is 1. The van der Waals surface area contributed by atoms with Gasteiger partial charge < -0.3 is 30.3 Å². The van der Waals surface area contributed by atoms with Crippen LogP contribution in [0.25, 0.3) is 0 Å². The molecule has 0 amide bonds. The van der Waals surface area contributed by atoms with Crippen molar-refractivity contribution in [2.45, 2.75) is 6.29 Å². The van der Waals surface area contributed by atoms with Gasteiger partial charge in [-0.05, 0) is 0 Å². The largest absolute Gasteiger partial charge is 0.478 e. The van der Waals surface area contributed by atoms with E-state index in [1.807, 2.05) is 0 Å². The van der Waals surface area contributed by atoms with Gasteiger partial charge in [0.2, 0.25) is 0 Å². The van der Waals surface area contributed by atoms with Crippen LogP contribution in [0.1, 0.15) is 0 Å². The number of rotatable bonds is 4. The molecule has 1 unspecified atom stereocenters. The van der Waals surface area contributed by atoms with Crippen LogP contribution in [0.4, 0.5) is 0 Å². The van der Waals surface area contributed by atoms with Crippen LogP contribution in [0, 0.1) is 0 Å². The van der Waals surface area contributed by atoms with Gasteiger partial charge in [0.25, 0.3) is 0 Å². The zero-order valence-corrected chi connectivity index (χ0v) is 8.54. The maximum absolute atomic E-state index is 9.25. The fourth-order valence-electron chi connectivity index (χ4n) is 0.0745. The van der Waals surface area contributed by atoms with Crippen molar-refractivity contribution >= 4 is 5.97 Å². The third-order valence-corrected chi connectivity index (χ3v) is 0.703. The van der Waals surface area contributed by atoms with E-state index < -0.39 is 12.3 Å². The van der Waals surface area contributed by atoms with Crippen LogP contribution in [0.5, 0.6) is 0 Å². The van der Waals surface area contributed by atoms with Crippen LogP contribution >= 0.6 is 0 Å². The van der Waals surface area contributed by atoms with Crippen molar-refractivity contribution in [1.82, 2.24) is 0 Å². The van der Waals surface area contributed by atoms with Crippen molar-refractivity contribution in [3.05, 3.63) is 12.7 Å². The molecule has 0 saturated carbocycles. The molecule has 0 rings (SSSR count). The number of carbonyl (C=O) groups is 1. The first-order valence-electron chi connectivity index (χ1n) is 3.88. The normalized spacial score (nSPS) is 9.93. The van der Waals surface area contributed by atoms with Gasteiger partial charge in [-0.1, -0.05) is 6.58 Å². The minimum Gasteiger partial charge on any atom is -0.478 e. The summed E-state index contributed by atoms with van der Waals surface area (Å²) >= 11 is 0. The van der Waals surface area contributed by atoms with Crippen LogP contribution in [0.3, 0.4) is 0 Å². The molecular formula is C8H18O7. The van der Waals surface area contributed by atoms with Crippen molar-refractivity contribution in [2.24, 2.45) is 0 Å². The predicted octanol–water partition coefficient (Wildman–Crippen LogP) is -1.83. The minimum atomic E-state index is -1.01. The maximum atomic E-state index is 9.25. The lowest BCUT2D eigenvalue weighted by atomic mass is 10.7. The molecule has 15 heavy (non-hydrogen) atoms. The van der Waals surface area contributed by atoms with Crippen LogP contribution in [-0.4, -0.2) is 64.7 Å². The molecule has 7 heteroatoms. The molecule has 92 valence electrons. The quantitative estimate of drug-likeness (QED) is 0.282. The van der Waals surface area contributed by atoms with Crippen molar-refractivity contribution in [1.29, 1.82) is 0 Å².